The van der Waals surface area contributed by atoms with Crippen LogP contribution in [0.4, 0.5) is 0 Å². The smallest absolute Gasteiger partial charge is 0.313 e. The highest BCUT2D eigenvalue weighted by atomic mass is 16.6. The number of ether oxygens (including phenoxy) is 2. The van der Waals surface area contributed by atoms with Crippen LogP contribution in [0.15, 0.2) is 86.0 Å². The van der Waals surface area contributed by atoms with Crippen LogP contribution < -0.4 is 5.32 Å². The lowest BCUT2D eigenvalue weighted by atomic mass is 9.70. The first-order chi connectivity index (χ1) is 24.7. The summed E-state index contributed by atoms with van der Waals surface area (Å²) in [5, 5.41) is 13.8. The van der Waals surface area contributed by atoms with Crippen molar-refractivity contribution in [3.05, 3.63) is 97.1 Å². The molecule has 0 unspecified atom stereocenters. The molecule has 2 aromatic rings. The zero-order valence-corrected chi connectivity index (χ0v) is 29.5. The second-order valence-electron chi connectivity index (χ2n) is 14.4. The lowest BCUT2D eigenvalue weighted by Gasteiger charge is -2.42. The summed E-state index contributed by atoms with van der Waals surface area (Å²) in [4.78, 5) is 60.5. The Balaban J connectivity index is 1.36. The minimum absolute atomic E-state index is 0.00451. The van der Waals surface area contributed by atoms with Gasteiger partial charge in [-0.05, 0) is 50.2 Å². The largest absolute Gasteiger partial charge is 0.455 e. The van der Waals surface area contributed by atoms with E-state index in [0.29, 0.717) is 36.9 Å². The predicted molar refractivity (Wildman–Crippen MR) is 192 cm³/mol. The molecule has 10 nitrogen and oxygen atoms in total. The summed E-state index contributed by atoms with van der Waals surface area (Å²) in [5.74, 6) is -3.39. The maximum atomic E-state index is 15.0. The number of esters is 1. The van der Waals surface area contributed by atoms with E-state index in [1.54, 1.807) is 19.1 Å². The third-order valence-electron chi connectivity index (χ3n) is 11.4. The molecule has 2 aromatic carbocycles. The van der Waals surface area contributed by atoms with Crippen LogP contribution in [0.2, 0.25) is 0 Å². The molecule has 8 atom stereocenters. The molecule has 1 aliphatic carbocycles. The quantitative estimate of drug-likeness (QED) is 0.194. The standard InChI is InChI=1S/C41H51N3O7/c1-4-6-22-33(46)42-27(3)36(29-18-12-8-13-19-29)50-40(49)34-32-23-24-41(51-32)35(34)38(47)44(31(26-45)28-16-10-7-11-17-28)37(41)39(48)43(25-5-2)30-20-14-9-15-21-30/h4-5,7-8,10-13,16-19,27,30-32,34-37,45H,1-2,6,9,14-15,20-26H2,3H3,(H,42,46)/t27-,31-,32-,34+,35+,36-,37-,41+/m1/s1. The number of fused-ring (bicyclic) bond motifs is 1. The van der Waals surface area contributed by atoms with E-state index < -0.39 is 66.3 Å². The van der Waals surface area contributed by atoms with E-state index in [1.165, 1.54) is 4.90 Å². The minimum atomic E-state index is -1.27. The summed E-state index contributed by atoms with van der Waals surface area (Å²) in [6, 6.07) is 16.0. The predicted octanol–water partition coefficient (Wildman–Crippen LogP) is 5.20. The SMILES string of the molecule is C=CCCC(=O)N[C@H](C)[C@@H](OC(=O)[C@@H]1[C@H]2C(=O)N([C@H](CO)c3ccccc3)[C@H](C(=O)N(CC=C)C3CCCCC3)[C@]23CC[C@H]1O3)c1ccccc1. The van der Waals surface area contributed by atoms with E-state index >= 15 is 4.79 Å². The Bertz CT molecular complexity index is 1580. The van der Waals surface area contributed by atoms with Crippen LogP contribution >= 0.6 is 0 Å². The second kappa shape index (κ2) is 15.9. The lowest BCUT2D eigenvalue weighted by Crippen LogP contribution is -2.59. The Kier molecular flexibility index (Phi) is 11.4. The van der Waals surface area contributed by atoms with E-state index in [2.05, 4.69) is 18.5 Å². The fourth-order valence-electron chi connectivity index (χ4n) is 9.05. The first-order valence-corrected chi connectivity index (χ1v) is 18.5. The normalized spacial score (nSPS) is 27.3. The molecule has 0 aromatic heterocycles. The molecule has 1 spiro atoms. The summed E-state index contributed by atoms with van der Waals surface area (Å²) in [6.45, 7) is 9.34. The Morgan fingerprint density at radius 2 is 1.69 bits per heavy atom. The molecule has 1 saturated carbocycles. The maximum absolute atomic E-state index is 15.0. The highest BCUT2D eigenvalue weighted by Crippen LogP contribution is 2.60. The fourth-order valence-corrected chi connectivity index (χ4v) is 9.05. The van der Waals surface area contributed by atoms with Crippen LogP contribution in [0.1, 0.15) is 88.0 Å². The van der Waals surface area contributed by atoms with Gasteiger partial charge in [0.1, 0.15) is 17.7 Å². The molecule has 6 rings (SSSR count). The van der Waals surface area contributed by atoms with Gasteiger partial charge in [0.2, 0.25) is 17.7 Å². The van der Waals surface area contributed by atoms with Gasteiger partial charge in [-0.2, -0.15) is 0 Å². The number of hydrogen-bond donors (Lipinski definition) is 2. The van der Waals surface area contributed by atoms with Crippen LogP contribution in [0, 0.1) is 11.8 Å². The van der Waals surface area contributed by atoms with Crippen molar-refractivity contribution in [2.24, 2.45) is 11.8 Å². The molecule has 272 valence electrons. The van der Waals surface area contributed by atoms with E-state index in [4.69, 9.17) is 9.47 Å². The van der Waals surface area contributed by atoms with Crippen LogP contribution in [0.5, 0.6) is 0 Å². The molecule has 0 radical (unpaired) electrons. The highest BCUT2D eigenvalue weighted by molar-refractivity contribution is 5.98. The third kappa shape index (κ3) is 7.00. The first kappa shape index (κ1) is 36.5. The molecule has 3 heterocycles. The van der Waals surface area contributed by atoms with E-state index in [0.717, 1.165) is 32.1 Å². The van der Waals surface area contributed by atoms with Crippen molar-refractivity contribution < 1.29 is 33.8 Å². The van der Waals surface area contributed by atoms with Gasteiger partial charge in [-0.1, -0.05) is 92.1 Å². The van der Waals surface area contributed by atoms with Crippen LogP contribution in [0.3, 0.4) is 0 Å². The number of hydrogen-bond acceptors (Lipinski definition) is 7. The van der Waals surface area contributed by atoms with Gasteiger partial charge >= 0.3 is 5.97 Å². The maximum Gasteiger partial charge on any atom is 0.313 e. The molecule has 2 N–H and O–H groups in total. The minimum Gasteiger partial charge on any atom is -0.455 e. The van der Waals surface area contributed by atoms with Crippen molar-refractivity contribution in [2.75, 3.05) is 13.2 Å². The molecule has 4 fully saturated rings. The van der Waals surface area contributed by atoms with Crippen LogP contribution in [-0.4, -0.2) is 81.6 Å². The van der Waals surface area contributed by atoms with Gasteiger partial charge < -0.3 is 29.7 Å². The topological polar surface area (TPSA) is 125 Å². The zero-order valence-electron chi connectivity index (χ0n) is 29.5. The zero-order chi connectivity index (χ0) is 36.1. The molecule has 51 heavy (non-hydrogen) atoms. The number of nitrogens with zero attached hydrogens (tertiary/aromatic N) is 2. The van der Waals surface area contributed by atoms with Crippen molar-refractivity contribution in [2.45, 2.75) is 107 Å². The number of aliphatic hydroxyl groups is 1. The number of allylic oxidation sites excluding steroid dienone is 1. The molecular formula is C41H51N3O7. The fraction of sp³-hybridized carbons (Fsp3) is 0.512. The Labute approximate surface area is 300 Å². The number of rotatable bonds is 15. The number of aliphatic hydroxyl groups excluding tert-OH is 1. The number of nitrogens with one attached hydrogen (secondary N) is 1. The van der Waals surface area contributed by atoms with Gasteiger partial charge in [-0.25, -0.2) is 0 Å². The van der Waals surface area contributed by atoms with Crippen molar-refractivity contribution >= 4 is 23.7 Å². The average Bonchev–Trinajstić information content (AvgIpc) is 3.80. The van der Waals surface area contributed by atoms with Gasteiger partial charge in [0, 0.05) is 19.0 Å². The molecule has 3 amide bonds. The van der Waals surface area contributed by atoms with E-state index in [1.807, 2.05) is 65.6 Å². The molecule has 4 aliphatic rings. The molecule has 3 saturated heterocycles. The number of carbonyl (C=O) groups is 4. The van der Waals surface area contributed by atoms with Gasteiger partial charge in [0.05, 0.1) is 36.6 Å². The molecule has 2 bridgehead atoms. The van der Waals surface area contributed by atoms with Crippen molar-refractivity contribution in [1.29, 1.82) is 0 Å². The summed E-state index contributed by atoms with van der Waals surface area (Å²) in [6.07, 6.45) is 8.46. The number of likely N-dealkylation sites (tertiary alicyclic amines) is 1. The van der Waals surface area contributed by atoms with Crippen LogP contribution in [-0.2, 0) is 28.7 Å². The highest BCUT2D eigenvalue weighted by Gasteiger charge is 2.76. The monoisotopic (exact) mass is 697 g/mol. The van der Waals surface area contributed by atoms with E-state index in [-0.39, 0.29) is 24.3 Å². The van der Waals surface area contributed by atoms with Gasteiger partial charge in [0.25, 0.3) is 0 Å². The lowest BCUT2D eigenvalue weighted by molar-refractivity contribution is -0.163. The molecule has 3 aliphatic heterocycles. The summed E-state index contributed by atoms with van der Waals surface area (Å²) in [5.41, 5.74) is 0.117. The van der Waals surface area contributed by atoms with Gasteiger partial charge in [-0.15, -0.1) is 13.2 Å². The number of carbonyl (C=O) groups excluding carboxylic acids is 4. The Morgan fingerprint density at radius 1 is 1.02 bits per heavy atom. The summed E-state index contributed by atoms with van der Waals surface area (Å²) >= 11 is 0. The first-order valence-electron chi connectivity index (χ1n) is 18.5. The van der Waals surface area contributed by atoms with E-state index in [9.17, 15) is 19.5 Å². The van der Waals surface area contributed by atoms with Crippen molar-refractivity contribution in [1.82, 2.24) is 15.1 Å². The van der Waals surface area contributed by atoms with Gasteiger partial charge in [0.15, 0.2) is 0 Å². The second-order valence-corrected chi connectivity index (χ2v) is 14.4. The van der Waals surface area contributed by atoms with Gasteiger partial charge in [-0.3, -0.25) is 19.2 Å². The number of amides is 3. The average molecular weight is 698 g/mol. The molecule has 10 heteroatoms. The third-order valence-corrected chi connectivity index (χ3v) is 11.4. The summed E-state index contributed by atoms with van der Waals surface area (Å²) in [7, 11) is 0. The van der Waals surface area contributed by atoms with Crippen LogP contribution in [0.25, 0.3) is 0 Å². The molecular weight excluding hydrogens is 646 g/mol. The Hall–Kier alpha value is -4.28. The number of benzene rings is 2. The Morgan fingerprint density at radius 3 is 2.31 bits per heavy atom. The van der Waals surface area contributed by atoms with Crippen molar-refractivity contribution in [3.8, 4) is 0 Å². The summed E-state index contributed by atoms with van der Waals surface area (Å²) < 4.78 is 13.1. The van der Waals surface area contributed by atoms with Crippen molar-refractivity contribution in [3.63, 3.8) is 0 Å².